The summed E-state index contributed by atoms with van der Waals surface area (Å²) in [4.78, 5) is 30.0. The predicted octanol–water partition coefficient (Wildman–Crippen LogP) is 3.46. The van der Waals surface area contributed by atoms with E-state index in [1.807, 2.05) is 47.4 Å². The highest BCUT2D eigenvalue weighted by atomic mass is 16.7. The highest BCUT2D eigenvalue weighted by Gasteiger charge is 2.41. The minimum Gasteiger partial charge on any atom is -0.337 e. The molecule has 3 aromatic rings. The summed E-state index contributed by atoms with van der Waals surface area (Å²) < 4.78 is 0. The van der Waals surface area contributed by atoms with Crippen molar-refractivity contribution in [3.63, 3.8) is 0 Å². The fraction of sp³-hybridized carbons (Fsp3) is 0.261. The number of hydrogen-bond donors (Lipinski definition) is 1. The third kappa shape index (κ3) is 3.36. The van der Waals surface area contributed by atoms with Gasteiger partial charge in [0.1, 0.15) is 5.69 Å². The van der Waals surface area contributed by atoms with Crippen LogP contribution in [0.25, 0.3) is 10.9 Å². The topological polar surface area (TPSA) is 66.8 Å². The lowest BCUT2D eigenvalue weighted by atomic mass is 10.0. The number of aromatic nitrogens is 1. The van der Waals surface area contributed by atoms with Crippen LogP contribution in [0.4, 0.5) is 0 Å². The van der Waals surface area contributed by atoms with Gasteiger partial charge in [-0.15, -0.1) is 0 Å². The maximum Gasteiger partial charge on any atom is 0.272 e. The Labute approximate surface area is 169 Å². The summed E-state index contributed by atoms with van der Waals surface area (Å²) in [5, 5.41) is 1.03. The molecule has 2 aromatic carbocycles. The van der Waals surface area contributed by atoms with E-state index in [2.05, 4.69) is 29.5 Å². The van der Waals surface area contributed by atoms with Gasteiger partial charge in [-0.2, -0.15) is 0 Å². The van der Waals surface area contributed by atoms with Crippen LogP contribution >= 0.6 is 0 Å². The molecule has 3 heterocycles. The molecule has 0 unspecified atom stereocenters. The van der Waals surface area contributed by atoms with Crippen molar-refractivity contribution in [1.82, 2.24) is 15.4 Å². The van der Waals surface area contributed by atoms with Crippen LogP contribution in [0.15, 0.2) is 65.7 Å². The second-order valence-electron chi connectivity index (χ2n) is 7.66. The van der Waals surface area contributed by atoms with Crippen molar-refractivity contribution in [2.45, 2.75) is 25.5 Å². The second kappa shape index (κ2) is 6.97. The van der Waals surface area contributed by atoms with E-state index in [1.165, 1.54) is 5.56 Å². The zero-order valence-corrected chi connectivity index (χ0v) is 16.3. The lowest BCUT2D eigenvalue weighted by molar-refractivity contribution is -0.0850. The van der Waals surface area contributed by atoms with Gasteiger partial charge in [-0.25, -0.2) is 20.3 Å². The van der Waals surface area contributed by atoms with Crippen molar-refractivity contribution in [1.29, 1.82) is 0 Å². The summed E-state index contributed by atoms with van der Waals surface area (Å²) in [7, 11) is 0. The number of aryl methyl sites for hydroxylation is 1. The Kier molecular flexibility index (Phi) is 4.28. The van der Waals surface area contributed by atoms with Crippen LogP contribution < -0.4 is 5.48 Å². The van der Waals surface area contributed by atoms with Crippen LogP contribution in [0, 0.1) is 6.92 Å². The SMILES string of the molecule is Cc1ccc(C2=NC3(CCN(C(=O)c4ccc5ccccc5n4)CC3)ON2)cc1. The first kappa shape index (κ1) is 17.8. The molecule has 1 fully saturated rings. The summed E-state index contributed by atoms with van der Waals surface area (Å²) in [6.07, 6.45) is 1.30. The molecule has 0 atom stereocenters. The monoisotopic (exact) mass is 386 g/mol. The average molecular weight is 386 g/mol. The van der Waals surface area contributed by atoms with Crippen LogP contribution in [0.2, 0.25) is 0 Å². The molecule has 1 amide bonds. The third-order valence-corrected chi connectivity index (χ3v) is 5.63. The summed E-state index contributed by atoms with van der Waals surface area (Å²) in [5.74, 6) is 0.709. The molecular weight excluding hydrogens is 364 g/mol. The molecule has 0 saturated carbocycles. The van der Waals surface area contributed by atoms with Crippen LogP contribution in [0.3, 0.4) is 0 Å². The Morgan fingerprint density at radius 2 is 1.79 bits per heavy atom. The van der Waals surface area contributed by atoms with Crippen LogP contribution in [-0.2, 0) is 4.84 Å². The molecule has 146 valence electrons. The standard InChI is InChI=1S/C23H22N4O2/c1-16-6-8-18(9-7-16)21-25-23(29-26-21)12-14-27(15-13-23)22(28)20-11-10-17-4-2-3-5-19(17)24-20/h2-11H,12-15H2,1H3,(H,25,26). The van der Waals surface area contributed by atoms with Crippen molar-refractivity contribution in [3.05, 3.63) is 77.5 Å². The first-order chi connectivity index (χ1) is 14.1. The van der Waals surface area contributed by atoms with Gasteiger partial charge in [0.05, 0.1) is 5.52 Å². The van der Waals surface area contributed by atoms with E-state index in [-0.39, 0.29) is 5.91 Å². The Morgan fingerprint density at radius 3 is 2.59 bits per heavy atom. The van der Waals surface area contributed by atoms with Crippen LogP contribution in [0.1, 0.15) is 34.5 Å². The van der Waals surface area contributed by atoms with Gasteiger partial charge in [-0.05, 0) is 19.1 Å². The number of hydrogen-bond acceptors (Lipinski definition) is 5. The van der Waals surface area contributed by atoms with E-state index in [1.54, 1.807) is 6.07 Å². The number of piperidine rings is 1. The van der Waals surface area contributed by atoms with Gasteiger partial charge in [0.15, 0.2) is 11.6 Å². The summed E-state index contributed by atoms with van der Waals surface area (Å²) in [6.45, 7) is 3.22. The predicted molar refractivity (Wildman–Crippen MR) is 112 cm³/mol. The number of amidine groups is 1. The molecule has 6 nitrogen and oxygen atoms in total. The van der Waals surface area contributed by atoms with Crippen LogP contribution in [0.5, 0.6) is 0 Å². The number of para-hydroxylation sites is 1. The average Bonchev–Trinajstić information content (AvgIpc) is 3.17. The molecule has 29 heavy (non-hydrogen) atoms. The van der Waals surface area contributed by atoms with Crippen molar-refractivity contribution < 1.29 is 9.63 Å². The van der Waals surface area contributed by atoms with Crippen LogP contribution in [-0.4, -0.2) is 40.4 Å². The van der Waals surface area contributed by atoms with Gasteiger partial charge >= 0.3 is 0 Å². The number of benzene rings is 2. The molecule has 0 aliphatic carbocycles. The largest absolute Gasteiger partial charge is 0.337 e. The Hall–Kier alpha value is -3.25. The first-order valence-corrected chi connectivity index (χ1v) is 9.88. The number of fused-ring (bicyclic) bond motifs is 1. The van der Waals surface area contributed by atoms with Gasteiger partial charge < -0.3 is 4.90 Å². The molecule has 2 aliphatic heterocycles. The number of amides is 1. The fourth-order valence-corrected chi connectivity index (χ4v) is 3.85. The summed E-state index contributed by atoms with van der Waals surface area (Å²) in [5.41, 5.74) is 5.91. The van der Waals surface area contributed by atoms with Gasteiger partial charge in [0.25, 0.3) is 5.91 Å². The number of carbonyl (C=O) groups excluding carboxylic acids is 1. The van der Waals surface area contributed by atoms with Gasteiger partial charge in [0, 0.05) is 36.9 Å². The molecule has 0 radical (unpaired) electrons. The zero-order valence-electron chi connectivity index (χ0n) is 16.3. The molecule has 6 heteroatoms. The Balaban J connectivity index is 1.29. The molecule has 5 rings (SSSR count). The number of nitrogens with one attached hydrogen (secondary N) is 1. The number of pyridine rings is 1. The number of nitrogens with zero attached hydrogens (tertiary/aromatic N) is 3. The molecule has 1 spiro atoms. The molecule has 1 aromatic heterocycles. The minimum absolute atomic E-state index is 0.0423. The van der Waals surface area contributed by atoms with E-state index < -0.39 is 5.72 Å². The maximum atomic E-state index is 12.9. The van der Waals surface area contributed by atoms with E-state index >= 15 is 0 Å². The van der Waals surface area contributed by atoms with Crippen molar-refractivity contribution in [3.8, 4) is 0 Å². The smallest absolute Gasteiger partial charge is 0.272 e. The van der Waals surface area contributed by atoms with Crippen molar-refractivity contribution in [2.24, 2.45) is 4.99 Å². The number of likely N-dealkylation sites (tertiary alicyclic amines) is 1. The number of hydroxylamine groups is 1. The lowest BCUT2D eigenvalue weighted by Gasteiger charge is -2.35. The van der Waals surface area contributed by atoms with E-state index in [9.17, 15) is 4.79 Å². The van der Waals surface area contributed by atoms with Gasteiger partial charge in [0.2, 0.25) is 0 Å². The van der Waals surface area contributed by atoms with Crippen molar-refractivity contribution in [2.75, 3.05) is 13.1 Å². The normalized spacial score (nSPS) is 18.0. The third-order valence-electron chi connectivity index (χ3n) is 5.63. The Bertz CT molecular complexity index is 1100. The number of carbonyl (C=O) groups is 1. The summed E-state index contributed by atoms with van der Waals surface area (Å²) in [6, 6.07) is 19.8. The zero-order chi connectivity index (χ0) is 19.8. The number of aliphatic imine (C=N–C) groups is 1. The fourth-order valence-electron chi connectivity index (χ4n) is 3.85. The summed E-state index contributed by atoms with van der Waals surface area (Å²) >= 11 is 0. The molecule has 1 N–H and O–H groups in total. The minimum atomic E-state index is -0.603. The molecule has 2 aliphatic rings. The van der Waals surface area contributed by atoms with E-state index in [4.69, 9.17) is 9.83 Å². The first-order valence-electron chi connectivity index (χ1n) is 9.88. The second-order valence-corrected chi connectivity index (χ2v) is 7.66. The molecular formula is C23H22N4O2. The quantitative estimate of drug-likeness (QED) is 0.733. The van der Waals surface area contributed by atoms with Gasteiger partial charge in [-0.3, -0.25) is 4.79 Å². The maximum absolute atomic E-state index is 12.9. The van der Waals surface area contributed by atoms with E-state index in [0.717, 1.165) is 22.3 Å². The molecule has 0 bridgehead atoms. The van der Waals surface area contributed by atoms with Gasteiger partial charge in [-0.1, -0.05) is 54.1 Å². The van der Waals surface area contributed by atoms with Crippen molar-refractivity contribution >= 4 is 22.6 Å². The van der Waals surface area contributed by atoms with E-state index in [0.29, 0.717) is 31.6 Å². The highest BCUT2D eigenvalue weighted by molar-refractivity contribution is 5.99. The molecule has 1 saturated heterocycles. The Morgan fingerprint density at radius 1 is 1.03 bits per heavy atom. The highest BCUT2D eigenvalue weighted by Crippen LogP contribution is 2.31. The lowest BCUT2D eigenvalue weighted by Crippen LogP contribution is -2.46. The number of rotatable bonds is 2.